The Balaban J connectivity index is 2.20. The topological polar surface area (TPSA) is 63.3 Å². The maximum Gasteiger partial charge on any atom is 0.320 e. The Morgan fingerprint density at radius 3 is 2.37 bits per heavy atom. The van der Waals surface area contributed by atoms with Crippen molar-refractivity contribution in [3.63, 3.8) is 0 Å². The lowest BCUT2D eigenvalue weighted by Gasteiger charge is -2.11. The normalized spacial score (nSPS) is 12.1. The molecule has 0 unspecified atom stereocenters. The van der Waals surface area contributed by atoms with Gasteiger partial charge in [-0.25, -0.2) is 0 Å². The predicted molar refractivity (Wildman–Crippen MR) is 75.8 cm³/mol. The fourth-order valence-electron chi connectivity index (χ4n) is 2.07. The molecule has 3 nitrogen and oxygen atoms in total. The van der Waals surface area contributed by atoms with Crippen LogP contribution < -0.4 is 5.73 Å². The van der Waals surface area contributed by atoms with Crippen LogP contribution in [-0.2, 0) is 11.2 Å². The van der Waals surface area contributed by atoms with Crippen LogP contribution in [0.15, 0.2) is 54.6 Å². The second-order valence-electron chi connectivity index (χ2n) is 4.51. The smallest absolute Gasteiger partial charge is 0.320 e. The second kappa shape index (κ2) is 6.16. The van der Waals surface area contributed by atoms with Crippen molar-refractivity contribution >= 4 is 5.97 Å². The van der Waals surface area contributed by atoms with Crippen LogP contribution >= 0.6 is 0 Å². The molecule has 2 rings (SSSR count). The summed E-state index contributed by atoms with van der Waals surface area (Å²) in [6.07, 6.45) is 1.11. The molecule has 0 aliphatic heterocycles. The van der Waals surface area contributed by atoms with Crippen LogP contribution in [0.25, 0.3) is 11.1 Å². The number of aliphatic carboxylic acids is 1. The third kappa shape index (κ3) is 3.42. The summed E-state index contributed by atoms with van der Waals surface area (Å²) < 4.78 is 0. The molecule has 19 heavy (non-hydrogen) atoms. The van der Waals surface area contributed by atoms with Gasteiger partial charge in [0.15, 0.2) is 0 Å². The van der Waals surface area contributed by atoms with Gasteiger partial charge < -0.3 is 10.8 Å². The molecule has 2 aromatic carbocycles. The molecule has 0 saturated heterocycles. The summed E-state index contributed by atoms with van der Waals surface area (Å²) in [6.45, 7) is 0. The zero-order chi connectivity index (χ0) is 13.7. The second-order valence-corrected chi connectivity index (χ2v) is 4.51. The highest BCUT2D eigenvalue weighted by Crippen LogP contribution is 2.24. The average molecular weight is 255 g/mol. The van der Waals surface area contributed by atoms with E-state index in [4.69, 9.17) is 10.8 Å². The van der Waals surface area contributed by atoms with Crippen molar-refractivity contribution < 1.29 is 9.90 Å². The molecule has 1 atom stereocenters. The molecule has 2 aromatic rings. The van der Waals surface area contributed by atoms with Gasteiger partial charge in [0.2, 0.25) is 0 Å². The molecule has 3 N–H and O–H groups in total. The minimum absolute atomic E-state index is 0.444. The van der Waals surface area contributed by atoms with E-state index in [2.05, 4.69) is 18.2 Å². The van der Waals surface area contributed by atoms with Crippen molar-refractivity contribution in [2.75, 3.05) is 0 Å². The lowest BCUT2D eigenvalue weighted by Crippen LogP contribution is -2.30. The zero-order valence-corrected chi connectivity index (χ0v) is 10.6. The highest BCUT2D eigenvalue weighted by Gasteiger charge is 2.12. The van der Waals surface area contributed by atoms with Crippen LogP contribution in [0, 0.1) is 0 Å². The molecule has 0 aromatic heterocycles. The molecular formula is C16H17NO2. The van der Waals surface area contributed by atoms with E-state index in [9.17, 15) is 4.79 Å². The predicted octanol–water partition coefficient (Wildman–Crippen LogP) is 2.70. The van der Waals surface area contributed by atoms with Crippen LogP contribution in [0.1, 0.15) is 12.0 Å². The van der Waals surface area contributed by atoms with Crippen molar-refractivity contribution in [1.82, 2.24) is 0 Å². The van der Waals surface area contributed by atoms with Crippen LogP contribution in [-0.4, -0.2) is 17.1 Å². The Labute approximate surface area is 112 Å². The lowest BCUT2D eigenvalue weighted by atomic mass is 9.95. The monoisotopic (exact) mass is 255 g/mol. The van der Waals surface area contributed by atoms with E-state index in [1.807, 2.05) is 36.4 Å². The summed E-state index contributed by atoms with van der Waals surface area (Å²) >= 11 is 0. The number of carboxylic acid groups (broad SMARTS) is 1. The Hall–Kier alpha value is -2.13. The van der Waals surface area contributed by atoms with Gasteiger partial charge in [0.05, 0.1) is 0 Å². The molecule has 0 amide bonds. The van der Waals surface area contributed by atoms with Gasteiger partial charge in [0, 0.05) is 0 Å². The highest BCUT2D eigenvalue weighted by molar-refractivity contribution is 5.73. The maximum atomic E-state index is 10.8. The number of nitrogens with two attached hydrogens (primary N) is 1. The van der Waals surface area contributed by atoms with Gasteiger partial charge in [-0.05, 0) is 29.5 Å². The molecule has 0 aliphatic rings. The van der Waals surface area contributed by atoms with Crippen molar-refractivity contribution in [3.05, 3.63) is 60.2 Å². The first kappa shape index (κ1) is 13.3. The molecule has 98 valence electrons. The zero-order valence-electron chi connectivity index (χ0n) is 10.6. The molecule has 0 heterocycles. The first-order valence-electron chi connectivity index (χ1n) is 6.30. The Kier molecular flexibility index (Phi) is 4.31. The van der Waals surface area contributed by atoms with Crippen LogP contribution in [0.3, 0.4) is 0 Å². The summed E-state index contributed by atoms with van der Waals surface area (Å²) in [6, 6.07) is 17.3. The number of benzene rings is 2. The van der Waals surface area contributed by atoms with Gasteiger partial charge in [-0.3, -0.25) is 4.79 Å². The quantitative estimate of drug-likeness (QED) is 0.863. The van der Waals surface area contributed by atoms with E-state index in [-0.39, 0.29) is 0 Å². The van der Waals surface area contributed by atoms with Crippen molar-refractivity contribution in [2.24, 2.45) is 5.73 Å². The summed E-state index contributed by atoms with van der Waals surface area (Å²) in [5.41, 5.74) is 8.96. The summed E-state index contributed by atoms with van der Waals surface area (Å²) in [7, 11) is 0. The SMILES string of the molecule is N[C@@H](CCc1ccccc1-c1ccccc1)C(=O)O. The third-order valence-corrected chi connectivity index (χ3v) is 3.14. The number of carbonyl (C=O) groups is 1. The van der Waals surface area contributed by atoms with E-state index >= 15 is 0 Å². The third-order valence-electron chi connectivity index (χ3n) is 3.14. The molecule has 0 fully saturated rings. The fraction of sp³-hybridized carbons (Fsp3) is 0.188. The van der Waals surface area contributed by atoms with E-state index in [0.29, 0.717) is 12.8 Å². The summed E-state index contributed by atoms with van der Waals surface area (Å²) in [5.74, 6) is -0.947. The number of carboxylic acids is 1. The van der Waals surface area contributed by atoms with Gasteiger partial charge in [0.1, 0.15) is 6.04 Å². The average Bonchev–Trinajstić information content (AvgIpc) is 2.46. The van der Waals surface area contributed by atoms with E-state index < -0.39 is 12.0 Å². The molecule has 0 bridgehead atoms. The van der Waals surface area contributed by atoms with E-state index in [0.717, 1.165) is 16.7 Å². The van der Waals surface area contributed by atoms with Gasteiger partial charge in [0.25, 0.3) is 0 Å². The molecule has 0 aliphatic carbocycles. The summed E-state index contributed by atoms with van der Waals surface area (Å²) in [5, 5.41) is 8.82. The Morgan fingerprint density at radius 1 is 1.05 bits per heavy atom. The molecule has 0 spiro atoms. The molecular weight excluding hydrogens is 238 g/mol. The minimum atomic E-state index is -0.947. The largest absolute Gasteiger partial charge is 0.480 e. The minimum Gasteiger partial charge on any atom is -0.480 e. The Bertz CT molecular complexity index is 552. The van der Waals surface area contributed by atoms with Gasteiger partial charge in [-0.15, -0.1) is 0 Å². The van der Waals surface area contributed by atoms with E-state index in [1.54, 1.807) is 0 Å². The van der Waals surface area contributed by atoms with E-state index in [1.165, 1.54) is 0 Å². The lowest BCUT2D eigenvalue weighted by molar-refractivity contribution is -0.138. The fourth-order valence-corrected chi connectivity index (χ4v) is 2.07. The standard InChI is InChI=1S/C16H17NO2/c17-15(16(18)19)11-10-13-8-4-5-9-14(13)12-6-2-1-3-7-12/h1-9,15H,10-11,17H2,(H,18,19)/t15-/m0/s1. The van der Waals surface area contributed by atoms with Crippen LogP contribution in [0.5, 0.6) is 0 Å². The number of hydrogen-bond donors (Lipinski definition) is 2. The molecule has 3 heteroatoms. The van der Waals surface area contributed by atoms with Gasteiger partial charge >= 0.3 is 5.97 Å². The number of aryl methyl sites for hydroxylation is 1. The van der Waals surface area contributed by atoms with Crippen molar-refractivity contribution in [2.45, 2.75) is 18.9 Å². The first-order valence-corrected chi connectivity index (χ1v) is 6.30. The number of hydrogen-bond acceptors (Lipinski definition) is 2. The van der Waals surface area contributed by atoms with Crippen molar-refractivity contribution in [1.29, 1.82) is 0 Å². The molecule has 0 radical (unpaired) electrons. The van der Waals surface area contributed by atoms with Gasteiger partial charge in [-0.1, -0.05) is 54.6 Å². The first-order chi connectivity index (χ1) is 9.18. The van der Waals surface area contributed by atoms with Crippen LogP contribution in [0.2, 0.25) is 0 Å². The molecule has 0 saturated carbocycles. The summed E-state index contributed by atoms with van der Waals surface area (Å²) in [4.78, 5) is 10.8. The highest BCUT2D eigenvalue weighted by atomic mass is 16.4. The number of rotatable bonds is 5. The maximum absolute atomic E-state index is 10.8. The van der Waals surface area contributed by atoms with Crippen molar-refractivity contribution in [3.8, 4) is 11.1 Å². The van der Waals surface area contributed by atoms with Gasteiger partial charge in [-0.2, -0.15) is 0 Å². The Morgan fingerprint density at radius 2 is 1.68 bits per heavy atom. The van der Waals surface area contributed by atoms with Crippen LogP contribution in [0.4, 0.5) is 0 Å².